The Labute approximate surface area is 110 Å². The van der Waals surface area contributed by atoms with Crippen molar-refractivity contribution in [3.05, 3.63) is 0 Å². The van der Waals surface area contributed by atoms with Crippen LogP contribution in [0.5, 0.6) is 0 Å². The highest BCUT2D eigenvalue weighted by Crippen LogP contribution is 2.64. The number of halogens is 1. The Kier molecular flexibility index (Phi) is 3.01. The van der Waals surface area contributed by atoms with Crippen molar-refractivity contribution in [2.24, 2.45) is 23.2 Å². The summed E-state index contributed by atoms with van der Waals surface area (Å²) in [7, 11) is 0. The average molecular weight is 259 g/mol. The second-order valence-electron chi connectivity index (χ2n) is 6.87. The molecule has 0 aliphatic heterocycles. The Morgan fingerprint density at radius 2 is 2.00 bits per heavy atom. The minimum atomic E-state index is -0.0850. The van der Waals surface area contributed by atoms with Crippen molar-refractivity contribution in [1.82, 2.24) is 0 Å². The molecule has 4 aliphatic carbocycles. The van der Waals surface area contributed by atoms with E-state index in [-0.39, 0.29) is 24.0 Å². The lowest BCUT2D eigenvalue weighted by molar-refractivity contribution is -0.211. The Morgan fingerprint density at radius 3 is 2.59 bits per heavy atom. The molecule has 4 fully saturated rings. The lowest BCUT2D eigenvalue weighted by atomic mass is 9.44. The summed E-state index contributed by atoms with van der Waals surface area (Å²) >= 11 is 0. The molecular formula is C14H23ClO2. The smallest absolute Gasteiger partial charge is 0.303 e. The first kappa shape index (κ1) is 13.2. The number of rotatable bonds is 1. The SMILES string of the molecule is CC(=O)OC12CC3CC(C1)C(C)C(C)(C3)C2.Cl. The third-order valence-electron chi connectivity index (χ3n) is 5.58. The summed E-state index contributed by atoms with van der Waals surface area (Å²) in [6.07, 6.45) is 6.09. The third-order valence-corrected chi connectivity index (χ3v) is 5.58. The largest absolute Gasteiger partial charge is 0.459 e. The zero-order chi connectivity index (χ0) is 11.6. The molecule has 0 aromatic carbocycles. The monoisotopic (exact) mass is 258 g/mol. The standard InChI is InChI=1S/C14H22O2.ClH/c1-9-12-4-11-5-13(9,3)8-14(6-11,7-12)16-10(2)15;/h9,11-12H,4-8H2,1-3H3;1H. The third kappa shape index (κ3) is 1.89. The number of ether oxygens (including phenoxy) is 1. The van der Waals surface area contributed by atoms with Gasteiger partial charge in [-0.1, -0.05) is 13.8 Å². The predicted molar refractivity (Wildman–Crippen MR) is 69.1 cm³/mol. The van der Waals surface area contributed by atoms with Crippen molar-refractivity contribution in [1.29, 1.82) is 0 Å². The zero-order valence-electron chi connectivity index (χ0n) is 11.0. The lowest BCUT2D eigenvalue weighted by Gasteiger charge is -2.63. The molecular weight excluding hydrogens is 236 g/mol. The molecule has 0 aromatic rings. The molecule has 0 radical (unpaired) electrons. The van der Waals surface area contributed by atoms with Gasteiger partial charge < -0.3 is 4.74 Å². The van der Waals surface area contributed by atoms with Gasteiger partial charge in [-0.05, 0) is 55.3 Å². The molecule has 0 heterocycles. The maximum Gasteiger partial charge on any atom is 0.303 e. The molecule has 0 spiro atoms. The molecule has 4 rings (SSSR count). The van der Waals surface area contributed by atoms with Gasteiger partial charge in [-0.15, -0.1) is 12.4 Å². The van der Waals surface area contributed by atoms with Gasteiger partial charge in [-0.2, -0.15) is 0 Å². The van der Waals surface area contributed by atoms with Gasteiger partial charge in [0.1, 0.15) is 5.60 Å². The van der Waals surface area contributed by atoms with Gasteiger partial charge in [0.15, 0.2) is 0 Å². The molecule has 98 valence electrons. The summed E-state index contributed by atoms with van der Waals surface area (Å²) in [6, 6.07) is 0. The van der Waals surface area contributed by atoms with Crippen LogP contribution in [-0.2, 0) is 9.53 Å². The summed E-state index contributed by atoms with van der Waals surface area (Å²) < 4.78 is 5.73. The van der Waals surface area contributed by atoms with E-state index in [9.17, 15) is 4.79 Å². The maximum absolute atomic E-state index is 11.3. The first-order valence-electron chi connectivity index (χ1n) is 6.62. The minimum Gasteiger partial charge on any atom is -0.459 e. The van der Waals surface area contributed by atoms with E-state index in [0.717, 1.165) is 37.0 Å². The molecule has 4 bridgehead atoms. The molecule has 0 amide bonds. The van der Waals surface area contributed by atoms with E-state index in [0.29, 0.717) is 5.41 Å². The Balaban J connectivity index is 0.00000108. The van der Waals surface area contributed by atoms with Gasteiger partial charge in [-0.3, -0.25) is 4.79 Å². The highest BCUT2D eigenvalue weighted by Gasteiger charge is 2.60. The van der Waals surface area contributed by atoms with E-state index >= 15 is 0 Å². The van der Waals surface area contributed by atoms with Crippen LogP contribution in [0.1, 0.15) is 52.9 Å². The second kappa shape index (κ2) is 3.88. The van der Waals surface area contributed by atoms with E-state index in [1.54, 1.807) is 6.92 Å². The average Bonchev–Trinajstić information content (AvgIpc) is 2.10. The number of esters is 1. The number of hydrogen-bond donors (Lipinski definition) is 0. The van der Waals surface area contributed by atoms with Crippen LogP contribution in [0, 0.1) is 23.2 Å². The van der Waals surface area contributed by atoms with Crippen molar-refractivity contribution in [3.8, 4) is 0 Å². The highest BCUT2D eigenvalue weighted by atomic mass is 35.5. The molecule has 2 nitrogen and oxygen atoms in total. The van der Waals surface area contributed by atoms with Crippen LogP contribution in [0.25, 0.3) is 0 Å². The Morgan fingerprint density at radius 1 is 1.29 bits per heavy atom. The van der Waals surface area contributed by atoms with E-state index in [4.69, 9.17) is 4.74 Å². The summed E-state index contributed by atoms with van der Waals surface area (Å²) in [4.78, 5) is 11.3. The maximum atomic E-state index is 11.3. The second-order valence-corrected chi connectivity index (χ2v) is 6.87. The van der Waals surface area contributed by atoms with Crippen molar-refractivity contribution in [2.45, 2.75) is 58.5 Å². The van der Waals surface area contributed by atoms with Crippen LogP contribution in [-0.4, -0.2) is 11.6 Å². The molecule has 4 aliphatic rings. The molecule has 4 saturated carbocycles. The van der Waals surface area contributed by atoms with Gasteiger partial charge in [0.2, 0.25) is 0 Å². The summed E-state index contributed by atoms with van der Waals surface area (Å²) in [6.45, 7) is 6.38. The van der Waals surface area contributed by atoms with Crippen molar-refractivity contribution >= 4 is 18.4 Å². The molecule has 0 aromatic heterocycles. The Hall–Kier alpha value is -0.240. The van der Waals surface area contributed by atoms with E-state index < -0.39 is 0 Å². The highest BCUT2D eigenvalue weighted by molar-refractivity contribution is 5.85. The molecule has 3 heteroatoms. The van der Waals surface area contributed by atoms with Crippen molar-refractivity contribution in [2.75, 3.05) is 0 Å². The van der Waals surface area contributed by atoms with Crippen LogP contribution in [0.3, 0.4) is 0 Å². The van der Waals surface area contributed by atoms with Crippen LogP contribution >= 0.6 is 12.4 Å². The normalized spacial score (nSPS) is 50.9. The van der Waals surface area contributed by atoms with E-state index in [1.807, 2.05) is 0 Å². The minimum absolute atomic E-state index is 0. The fraction of sp³-hybridized carbons (Fsp3) is 0.929. The summed E-state index contributed by atoms with van der Waals surface area (Å²) in [5, 5.41) is 0. The van der Waals surface area contributed by atoms with Crippen LogP contribution in [0.4, 0.5) is 0 Å². The molecule has 0 saturated heterocycles. The van der Waals surface area contributed by atoms with Crippen LogP contribution in [0.15, 0.2) is 0 Å². The van der Waals surface area contributed by atoms with E-state index in [2.05, 4.69) is 13.8 Å². The Bertz CT molecular complexity index is 343. The number of hydrogen-bond acceptors (Lipinski definition) is 2. The van der Waals surface area contributed by atoms with Crippen molar-refractivity contribution < 1.29 is 9.53 Å². The fourth-order valence-corrected chi connectivity index (χ4v) is 5.17. The van der Waals surface area contributed by atoms with Gasteiger partial charge in [0.25, 0.3) is 0 Å². The van der Waals surface area contributed by atoms with Gasteiger partial charge >= 0.3 is 5.97 Å². The van der Waals surface area contributed by atoms with Gasteiger partial charge in [-0.25, -0.2) is 0 Å². The van der Waals surface area contributed by atoms with Gasteiger partial charge in [0, 0.05) is 6.92 Å². The lowest BCUT2D eigenvalue weighted by Crippen LogP contribution is -2.59. The number of carbonyl (C=O) groups excluding carboxylic acids is 1. The van der Waals surface area contributed by atoms with E-state index in [1.165, 1.54) is 12.8 Å². The quantitative estimate of drug-likeness (QED) is 0.672. The van der Waals surface area contributed by atoms with Crippen LogP contribution < -0.4 is 0 Å². The molecule has 5 unspecified atom stereocenters. The predicted octanol–water partition coefficient (Wildman–Crippen LogP) is 3.58. The first-order chi connectivity index (χ1) is 7.42. The zero-order valence-corrected chi connectivity index (χ0v) is 11.8. The van der Waals surface area contributed by atoms with Crippen molar-refractivity contribution in [3.63, 3.8) is 0 Å². The fourth-order valence-electron chi connectivity index (χ4n) is 5.17. The number of carbonyl (C=O) groups is 1. The molecule has 17 heavy (non-hydrogen) atoms. The summed E-state index contributed by atoms with van der Waals surface area (Å²) in [5.74, 6) is 2.34. The summed E-state index contributed by atoms with van der Waals surface area (Å²) in [5.41, 5.74) is 0.346. The molecule has 0 N–H and O–H groups in total. The first-order valence-corrected chi connectivity index (χ1v) is 6.62. The van der Waals surface area contributed by atoms with Gasteiger partial charge in [0.05, 0.1) is 0 Å². The molecule has 5 atom stereocenters. The van der Waals surface area contributed by atoms with Crippen LogP contribution in [0.2, 0.25) is 0 Å². The topological polar surface area (TPSA) is 26.3 Å².